The van der Waals surface area contributed by atoms with Gasteiger partial charge in [-0.25, -0.2) is 4.98 Å². The first kappa shape index (κ1) is 9.51. The summed E-state index contributed by atoms with van der Waals surface area (Å²) in [6.45, 7) is -0.0893. The number of rotatable bonds is 3. The Balaban J connectivity index is 2.38. The van der Waals surface area contributed by atoms with Gasteiger partial charge in [-0.3, -0.25) is 4.79 Å². The lowest BCUT2D eigenvalue weighted by molar-refractivity contribution is -0.134. The lowest BCUT2D eigenvalue weighted by Crippen LogP contribution is -2.12. The molecule has 0 radical (unpaired) electrons. The second kappa shape index (κ2) is 3.61. The number of aryl methyl sites for hydroxylation is 1. The first-order valence-corrected chi connectivity index (χ1v) is 4.54. The van der Waals surface area contributed by atoms with Crippen LogP contribution in [0.15, 0.2) is 24.5 Å². The molecule has 2 N–H and O–H groups in total. The molecule has 5 nitrogen and oxygen atoms in total. The lowest BCUT2D eigenvalue weighted by Gasteiger charge is -2.04. The smallest absolute Gasteiger partial charge is 0.322 e. The summed E-state index contributed by atoms with van der Waals surface area (Å²) in [5, 5.41) is 12.3. The summed E-state index contributed by atoms with van der Waals surface area (Å²) in [6.07, 6.45) is 3.55. The van der Waals surface area contributed by atoms with Gasteiger partial charge >= 0.3 is 5.97 Å². The van der Waals surface area contributed by atoms with Crippen LogP contribution in [0.4, 0.5) is 5.69 Å². The Morgan fingerprint density at radius 3 is 3.13 bits per heavy atom. The number of anilines is 1. The minimum Gasteiger partial charge on any atom is -0.480 e. The van der Waals surface area contributed by atoms with E-state index in [0.717, 1.165) is 16.7 Å². The quantitative estimate of drug-likeness (QED) is 0.786. The van der Waals surface area contributed by atoms with Crippen LogP contribution in [0.2, 0.25) is 0 Å². The van der Waals surface area contributed by atoms with Gasteiger partial charge in [-0.05, 0) is 12.1 Å². The largest absolute Gasteiger partial charge is 0.480 e. The number of carboxylic acids is 1. The zero-order valence-electron chi connectivity index (χ0n) is 8.27. The third-order valence-corrected chi connectivity index (χ3v) is 2.20. The molecule has 2 heterocycles. The molecule has 2 rings (SSSR count). The van der Waals surface area contributed by atoms with Crippen molar-refractivity contribution in [2.75, 3.05) is 11.9 Å². The van der Waals surface area contributed by atoms with Gasteiger partial charge in [0.15, 0.2) is 0 Å². The highest BCUT2D eigenvalue weighted by Gasteiger charge is 2.05. The van der Waals surface area contributed by atoms with Gasteiger partial charge in [-0.15, -0.1) is 0 Å². The Morgan fingerprint density at radius 2 is 2.40 bits per heavy atom. The number of aliphatic carboxylic acids is 1. The van der Waals surface area contributed by atoms with Crippen LogP contribution in [-0.4, -0.2) is 27.2 Å². The molecule has 78 valence electrons. The van der Waals surface area contributed by atoms with Crippen molar-refractivity contribution < 1.29 is 9.90 Å². The zero-order chi connectivity index (χ0) is 10.8. The summed E-state index contributed by atoms with van der Waals surface area (Å²) < 4.78 is 1.89. The van der Waals surface area contributed by atoms with Crippen molar-refractivity contribution in [2.24, 2.45) is 7.05 Å². The number of carbonyl (C=O) groups is 1. The zero-order valence-corrected chi connectivity index (χ0v) is 8.27. The van der Waals surface area contributed by atoms with Gasteiger partial charge in [-0.2, -0.15) is 0 Å². The molecule has 0 saturated carbocycles. The van der Waals surface area contributed by atoms with Crippen LogP contribution < -0.4 is 5.32 Å². The molecule has 0 aliphatic heterocycles. The molecule has 15 heavy (non-hydrogen) atoms. The molecule has 0 aromatic carbocycles. The molecule has 0 fully saturated rings. The van der Waals surface area contributed by atoms with Crippen molar-refractivity contribution in [1.29, 1.82) is 0 Å². The van der Waals surface area contributed by atoms with E-state index in [1.165, 1.54) is 0 Å². The Bertz CT molecular complexity index is 504. The van der Waals surface area contributed by atoms with Crippen LogP contribution in [0.1, 0.15) is 0 Å². The SMILES string of the molecule is Cn1ccc2c(NCC(=O)O)ccnc21. The number of hydrogen-bond donors (Lipinski definition) is 2. The highest BCUT2D eigenvalue weighted by molar-refractivity contribution is 5.90. The number of hydrogen-bond acceptors (Lipinski definition) is 3. The van der Waals surface area contributed by atoms with E-state index in [2.05, 4.69) is 10.3 Å². The average Bonchev–Trinajstić information content (AvgIpc) is 2.58. The van der Waals surface area contributed by atoms with E-state index in [4.69, 9.17) is 5.11 Å². The predicted octanol–water partition coefficient (Wildman–Crippen LogP) is 1.07. The Morgan fingerprint density at radius 1 is 1.60 bits per heavy atom. The van der Waals surface area contributed by atoms with E-state index in [0.29, 0.717) is 0 Å². The summed E-state index contributed by atoms with van der Waals surface area (Å²) in [5.74, 6) is -0.879. The van der Waals surface area contributed by atoms with Gasteiger partial charge in [0.25, 0.3) is 0 Å². The van der Waals surface area contributed by atoms with E-state index in [1.807, 2.05) is 23.9 Å². The molecular weight excluding hydrogens is 194 g/mol. The van der Waals surface area contributed by atoms with Gasteiger partial charge in [-0.1, -0.05) is 0 Å². The minimum absolute atomic E-state index is 0.0893. The van der Waals surface area contributed by atoms with Crippen LogP contribution >= 0.6 is 0 Å². The minimum atomic E-state index is -0.879. The van der Waals surface area contributed by atoms with E-state index >= 15 is 0 Å². The van der Waals surface area contributed by atoms with Crippen molar-refractivity contribution in [3.8, 4) is 0 Å². The topological polar surface area (TPSA) is 67.2 Å². The van der Waals surface area contributed by atoms with Crippen LogP contribution in [0.25, 0.3) is 11.0 Å². The second-order valence-electron chi connectivity index (χ2n) is 3.27. The number of carboxylic acid groups (broad SMARTS) is 1. The monoisotopic (exact) mass is 205 g/mol. The van der Waals surface area contributed by atoms with Gasteiger partial charge in [0.2, 0.25) is 0 Å². The summed E-state index contributed by atoms with van der Waals surface area (Å²) >= 11 is 0. The molecule has 0 bridgehead atoms. The highest BCUT2D eigenvalue weighted by Crippen LogP contribution is 2.21. The molecule has 0 atom stereocenters. The molecule has 5 heteroatoms. The summed E-state index contributed by atoms with van der Waals surface area (Å²) in [6, 6.07) is 3.68. The number of fused-ring (bicyclic) bond motifs is 1. The van der Waals surface area contributed by atoms with E-state index in [1.54, 1.807) is 12.3 Å². The molecule has 0 saturated heterocycles. The fraction of sp³-hybridized carbons (Fsp3) is 0.200. The maximum Gasteiger partial charge on any atom is 0.322 e. The lowest BCUT2D eigenvalue weighted by atomic mass is 10.3. The molecule has 0 spiro atoms. The van der Waals surface area contributed by atoms with E-state index in [9.17, 15) is 4.79 Å². The summed E-state index contributed by atoms with van der Waals surface area (Å²) in [4.78, 5) is 14.6. The van der Waals surface area contributed by atoms with Gasteiger partial charge < -0.3 is 15.0 Å². The van der Waals surface area contributed by atoms with Gasteiger partial charge in [0.05, 0.1) is 0 Å². The molecule has 0 aliphatic carbocycles. The third kappa shape index (κ3) is 1.76. The molecule has 0 amide bonds. The van der Waals surface area contributed by atoms with Crippen molar-refractivity contribution >= 4 is 22.7 Å². The first-order chi connectivity index (χ1) is 7.18. The first-order valence-electron chi connectivity index (χ1n) is 4.54. The second-order valence-corrected chi connectivity index (χ2v) is 3.27. The number of nitrogens with zero attached hydrogens (tertiary/aromatic N) is 2. The van der Waals surface area contributed by atoms with Crippen LogP contribution in [-0.2, 0) is 11.8 Å². The van der Waals surface area contributed by atoms with Crippen molar-refractivity contribution in [1.82, 2.24) is 9.55 Å². The molecule has 0 aliphatic rings. The Kier molecular flexibility index (Phi) is 2.29. The van der Waals surface area contributed by atoms with Crippen LogP contribution in [0.5, 0.6) is 0 Å². The van der Waals surface area contributed by atoms with Crippen LogP contribution in [0.3, 0.4) is 0 Å². The molecule has 0 unspecified atom stereocenters. The predicted molar refractivity (Wildman–Crippen MR) is 56.8 cm³/mol. The maximum atomic E-state index is 10.4. The van der Waals surface area contributed by atoms with Crippen molar-refractivity contribution in [3.05, 3.63) is 24.5 Å². The summed E-state index contributed by atoms with van der Waals surface area (Å²) in [7, 11) is 1.90. The third-order valence-electron chi connectivity index (χ3n) is 2.20. The van der Waals surface area contributed by atoms with Gasteiger partial charge in [0.1, 0.15) is 12.2 Å². The molecule has 2 aromatic rings. The standard InChI is InChI=1S/C10H11N3O2/c1-13-5-3-7-8(12-6-9(14)15)2-4-11-10(7)13/h2-5H,6H2,1H3,(H,11,12)(H,14,15). The fourth-order valence-corrected chi connectivity index (χ4v) is 1.49. The average molecular weight is 205 g/mol. The molecular formula is C10H11N3O2. The normalized spacial score (nSPS) is 10.5. The van der Waals surface area contributed by atoms with Crippen LogP contribution in [0, 0.1) is 0 Å². The van der Waals surface area contributed by atoms with Gasteiger partial charge in [0, 0.05) is 30.5 Å². The Hall–Kier alpha value is -2.04. The number of nitrogens with one attached hydrogen (secondary N) is 1. The number of aromatic nitrogens is 2. The van der Waals surface area contributed by atoms with E-state index in [-0.39, 0.29) is 6.54 Å². The van der Waals surface area contributed by atoms with E-state index < -0.39 is 5.97 Å². The number of pyridine rings is 1. The van der Waals surface area contributed by atoms with Crippen molar-refractivity contribution in [3.63, 3.8) is 0 Å². The summed E-state index contributed by atoms with van der Waals surface area (Å²) in [5.41, 5.74) is 1.63. The Labute approximate surface area is 86.4 Å². The highest BCUT2D eigenvalue weighted by atomic mass is 16.4. The molecule has 2 aromatic heterocycles. The van der Waals surface area contributed by atoms with Crippen molar-refractivity contribution in [2.45, 2.75) is 0 Å². The maximum absolute atomic E-state index is 10.4. The fourth-order valence-electron chi connectivity index (χ4n) is 1.49.